The Morgan fingerprint density at radius 1 is 1.18 bits per heavy atom. The number of hydrogen-bond acceptors (Lipinski definition) is 3. The molecule has 1 aliphatic heterocycles. The molecule has 0 bridgehead atoms. The van der Waals surface area contributed by atoms with E-state index in [0.29, 0.717) is 17.6 Å². The first-order chi connectivity index (χ1) is 10.4. The van der Waals surface area contributed by atoms with E-state index < -0.39 is 0 Å². The number of amides is 2. The second-order valence-corrected chi connectivity index (χ2v) is 7.29. The molecule has 1 aliphatic rings. The second kappa shape index (κ2) is 7.68. The van der Waals surface area contributed by atoms with Gasteiger partial charge in [0.05, 0.1) is 5.75 Å². The van der Waals surface area contributed by atoms with E-state index in [0.717, 1.165) is 23.7 Å². The lowest BCUT2D eigenvalue weighted by atomic mass is 9.92. The Kier molecular flexibility index (Phi) is 5.89. The van der Waals surface area contributed by atoms with Crippen molar-refractivity contribution in [3.8, 4) is 0 Å². The van der Waals surface area contributed by atoms with Crippen molar-refractivity contribution >= 4 is 29.3 Å². The Labute approximate surface area is 136 Å². The predicted octanol–water partition coefficient (Wildman–Crippen LogP) is 3.24. The van der Waals surface area contributed by atoms with Crippen LogP contribution in [0.15, 0.2) is 29.2 Å². The highest BCUT2D eigenvalue weighted by Gasteiger charge is 2.25. The van der Waals surface area contributed by atoms with Gasteiger partial charge in [-0.05, 0) is 42.5 Å². The maximum atomic E-state index is 12.3. The third kappa shape index (κ3) is 5.05. The lowest BCUT2D eigenvalue weighted by molar-refractivity contribution is -0.131. The molecule has 4 nitrogen and oxygen atoms in total. The summed E-state index contributed by atoms with van der Waals surface area (Å²) in [5.74, 6) is 1.79. The number of rotatable bonds is 4. The fourth-order valence-electron chi connectivity index (χ4n) is 2.94. The summed E-state index contributed by atoms with van der Waals surface area (Å²) < 4.78 is 0. The van der Waals surface area contributed by atoms with Gasteiger partial charge in [-0.2, -0.15) is 0 Å². The monoisotopic (exact) mass is 320 g/mol. The minimum Gasteiger partial charge on any atom is -0.341 e. The number of anilines is 1. The summed E-state index contributed by atoms with van der Waals surface area (Å²) in [6.07, 6.45) is 1.21. The second-order valence-electron chi connectivity index (χ2n) is 6.24. The van der Waals surface area contributed by atoms with Gasteiger partial charge in [0.1, 0.15) is 0 Å². The molecular formula is C17H24N2O2S. The van der Waals surface area contributed by atoms with Gasteiger partial charge in [0, 0.05) is 30.6 Å². The van der Waals surface area contributed by atoms with Gasteiger partial charge in [-0.1, -0.05) is 13.8 Å². The first-order valence-electron chi connectivity index (χ1n) is 7.72. The van der Waals surface area contributed by atoms with Gasteiger partial charge < -0.3 is 10.2 Å². The Hall–Kier alpha value is -1.49. The van der Waals surface area contributed by atoms with Crippen molar-refractivity contribution in [2.24, 2.45) is 11.8 Å². The highest BCUT2D eigenvalue weighted by Crippen LogP contribution is 2.24. The molecular weight excluding hydrogens is 296 g/mol. The van der Waals surface area contributed by atoms with Crippen molar-refractivity contribution in [2.45, 2.75) is 32.1 Å². The summed E-state index contributed by atoms with van der Waals surface area (Å²) in [6.45, 7) is 7.67. The lowest BCUT2D eigenvalue weighted by Gasteiger charge is -2.35. The molecule has 1 heterocycles. The maximum absolute atomic E-state index is 12.3. The van der Waals surface area contributed by atoms with Gasteiger partial charge in [0.15, 0.2) is 0 Å². The molecule has 0 spiro atoms. The van der Waals surface area contributed by atoms with Crippen LogP contribution in [0.1, 0.15) is 27.2 Å². The Morgan fingerprint density at radius 2 is 1.77 bits per heavy atom. The van der Waals surface area contributed by atoms with Crippen LogP contribution in [-0.2, 0) is 9.59 Å². The van der Waals surface area contributed by atoms with Crippen molar-refractivity contribution in [3.05, 3.63) is 24.3 Å². The van der Waals surface area contributed by atoms with Crippen molar-refractivity contribution in [1.29, 1.82) is 0 Å². The first-order valence-corrected chi connectivity index (χ1v) is 8.71. The van der Waals surface area contributed by atoms with E-state index in [2.05, 4.69) is 19.2 Å². The van der Waals surface area contributed by atoms with Crippen molar-refractivity contribution in [1.82, 2.24) is 4.90 Å². The number of carbonyl (C=O) groups excluding carboxylic acids is 2. The maximum Gasteiger partial charge on any atom is 0.232 e. The summed E-state index contributed by atoms with van der Waals surface area (Å²) in [5, 5.41) is 2.73. The SMILES string of the molecule is CC(=O)Nc1ccc(SCC(=O)N2C[C@H](C)C[C@@H](C)C2)cc1. The van der Waals surface area contributed by atoms with Gasteiger partial charge in [-0.3, -0.25) is 9.59 Å². The number of carbonyl (C=O) groups is 2. The Morgan fingerprint density at radius 3 is 2.32 bits per heavy atom. The molecule has 2 rings (SSSR count). The minimum atomic E-state index is -0.0797. The van der Waals surface area contributed by atoms with Crippen LogP contribution in [0.25, 0.3) is 0 Å². The average molecular weight is 320 g/mol. The summed E-state index contributed by atoms with van der Waals surface area (Å²) in [5.41, 5.74) is 0.779. The topological polar surface area (TPSA) is 49.4 Å². The minimum absolute atomic E-state index is 0.0797. The number of nitrogens with zero attached hydrogens (tertiary/aromatic N) is 1. The highest BCUT2D eigenvalue weighted by atomic mass is 32.2. The van der Waals surface area contributed by atoms with Crippen LogP contribution < -0.4 is 5.32 Å². The van der Waals surface area contributed by atoms with Gasteiger partial charge in [0.25, 0.3) is 0 Å². The van der Waals surface area contributed by atoms with Gasteiger partial charge in [-0.25, -0.2) is 0 Å². The predicted molar refractivity (Wildman–Crippen MR) is 91.0 cm³/mol. The molecule has 2 amide bonds. The van der Waals surface area contributed by atoms with Crippen molar-refractivity contribution in [3.63, 3.8) is 0 Å². The molecule has 1 saturated heterocycles. The van der Waals surface area contributed by atoms with E-state index in [1.165, 1.54) is 13.3 Å². The number of thioether (sulfide) groups is 1. The number of piperidine rings is 1. The van der Waals surface area contributed by atoms with Crippen LogP contribution in [0.5, 0.6) is 0 Å². The highest BCUT2D eigenvalue weighted by molar-refractivity contribution is 8.00. The summed E-state index contributed by atoms with van der Waals surface area (Å²) in [4.78, 5) is 26.3. The molecule has 1 N–H and O–H groups in total. The smallest absolute Gasteiger partial charge is 0.232 e. The molecule has 0 unspecified atom stereocenters. The molecule has 0 radical (unpaired) electrons. The third-order valence-corrected chi connectivity index (χ3v) is 4.76. The number of likely N-dealkylation sites (tertiary alicyclic amines) is 1. The van der Waals surface area contributed by atoms with Gasteiger partial charge in [-0.15, -0.1) is 11.8 Å². The molecule has 5 heteroatoms. The van der Waals surface area contributed by atoms with Crippen molar-refractivity contribution in [2.75, 3.05) is 24.2 Å². The van der Waals surface area contributed by atoms with Crippen LogP contribution in [0.2, 0.25) is 0 Å². The molecule has 0 saturated carbocycles. The standard InChI is InChI=1S/C17H24N2O2S/c1-12-8-13(2)10-19(9-12)17(21)11-22-16-6-4-15(5-7-16)18-14(3)20/h4-7,12-13H,8-11H2,1-3H3,(H,18,20)/t12-,13-/m1/s1. The summed E-state index contributed by atoms with van der Waals surface area (Å²) in [6, 6.07) is 7.59. The molecule has 1 fully saturated rings. The zero-order chi connectivity index (χ0) is 16.1. The molecule has 0 aromatic heterocycles. The molecule has 2 atom stereocenters. The van der Waals surface area contributed by atoms with E-state index in [4.69, 9.17) is 0 Å². The summed E-state index contributed by atoms with van der Waals surface area (Å²) >= 11 is 1.55. The van der Waals surface area contributed by atoms with Gasteiger partial charge in [0.2, 0.25) is 11.8 Å². The lowest BCUT2D eigenvalue weighted by Crippen LogP contribution is -2.43. The fraction of sp³-hybridized carbons (Fsp3) is 0.529. The largest absolute Gasteiger partial charge is 0.341 e. The van der Waals surface area contributed by atoms with Crippen LogP contribution >= 0.6 is 11.8 Å². The van der Waals surface area contributed by atoms with E-state index in [1.54, 1.807) is 11.8 Å². The Balaban J connectivity index is 1.84. The zero-order valence-electron chi connectivity index (χ0n) is 13.5. The third-order valence-electron chi connectivity index (χ3n) is 3.76. The van der Waals surface area contributed by atoms with Gasteiger partial charge >= 0.3 is 0 Å². The quantitative estimate of drug-likeness (QED) is 0.867. The number of nitrogens with one attached hydrogen (secondary N) is 1. The van der Waals surface area contributed by atoms with Crippen LogP contribution in [0.3, 0.4) is 0 Å². The van der Waals surface area contributed by atoms with E-state index in [1.807, 2.05) is 29.2 Å². The number of hydrogen-bond donors (Lipinski definition) is 1. The summed E-state index contributed by atoms with van der Waals surface area (Å²) in [7, 11) is 0. The van der Waals surface area contributed by atoms with Crippen molar-refractivity contribution < 1.29 is 9.59 Å². The van der Waals surface area contributed by atoms with Crippen LogP contribution in [0, 0.1) is 11.8 Å². The zero-order valence-corrected chi connectivity index (χ0v) is 14.3. The Bertz CT molecular complexity index is 520. The molecule has 120 valence electrons. The molecule has 1 aromatic rings. The molecule has 0 aliphatic carbocycles. The average Bonchev–Trinajstić information content (AvgIpc) is 2.44. The van der Waals surface area contributed by atoms with Crippen LogP contribution in [-0.4, -0.2) is 35.6 Å². The van der Waals surface area contributed by atoms with E-state index in [-0.39, 0.29) is 11.8 Å². The number of benzene rings is 1. The van der Waals surface area contributed by atoms with E-state index >= 15 is 0 Å². The van der Waals surface area contributed by atoms with Crippen LogP contribution in [0.4, 0.5) is 5.69 Å². The first kappa shape index (κ1) is 16.9. The molecule has 1 aromatic carbocycles. The normalized spacial score (nSPS) is 21.5. The fourth-order valence-corrected chi connectivity index (χ4v) is 3.74. The molecule has 22 heavy (non-hydrogen) atoms. The van der Waals surface area contributed by atoms with E-state index in [9.17, 15) is 9.59 Å².